The van der Waals surface area contributed by atoms with Gasteiger partial charge in [-0.15, -0.1) is 0 Å². The minimum absolute atomic E-state index is 0.0678. The first-order valence-corrected chi connectivity index (χ1v) is 8.47. The first-order valence-electron chi connectivity index (χ1n) is 8.47. The fourth-order valence-electron chi connectivity index (χ4n) is 2.49. The molecule has 0 heterocycles. The van der Waals surface area contributed by atoms with E-state index in [-0.39, 0.29) is 18.1 Å². The van der Waals surface area contributed by atoms with Crippen molar-refractivity contribution in [1.29, 1.82) is 0 Å². The normalized spacial score (nSPS) is 10.9. The van der Waals surface area contributed by atoms with E-state index in [1.165, 1.54) is 7.11 Å². The molecule has 0 fully saturated rings. The minimum atomic E-state index is -0.408. The Morgan fingerprint density at radius 2 is 1.58 bits per heavy atom. The van der Waals surface area contributed by atoms with Crippen LogP contribution in [0.3, 0.4) is 0 Å². The van der Waals surface area contributed by atoms with E-state index < -0.39 is 5.97 Å². The molecule has 0 aliphatic carbocycles. The summed E-state index contributed by atoms with van der Waals surface area (Å²) in [6.07, 6.45) is 0. The van der Waals surface area contributed by atoms with Gasteiger partial charge in [-0.1, -0.05) is 30.3 Å². The van der Waals surface area contributed by atoms with Crippen molar-refractivity contribution in [3.63, 3.8) is 0 Å². The maximum Gasteiger partial charge on any atom is 0.337 e. The van der Waals surface area contributed by atoms with Gasteiger partial charge >= 0.3 is 5.97 Å². The van der Waals surface area contributed by atoms with Crippen molar-refractivity contribution < 1.29 is 19.1 Å². The first-order chi connectivity index (χ1) is 12.3. The van der Waals surface area contributed by atoms with E-state index >= 15 is 0 Å². The van der Waals surface area contributed by atoms with Crippen LogP contribution in [-0.4, -0.2) is 36.0 Å². The minimum Gasteiger partial charge on any atom is -0.484 e. The second-order valence-corrected chi connectivity index (χ2v) is 6.94. The van der Waals surface area contributed by atoms with Gasteiger partial charge in [0.1, 0.15) is 5.75 Å². The molecule has 2 aromatic rings. The molecule has 26 heavy (non-hydrogen) atoms. The van der Waals surface area contributed by atoms with Gasteiger partial charge in [-0.3, -0.25) is 4.79 Å². The summed E-state index contributed by atoms with van der Waals surface area (Å²) in [5.41, 5.74) is 1.18. The Morgan fingerprint density at radius 3 is 2.12 bits per heavy atom. The Labute approximate surface area is 154 Å². The molecule has 2 aromatic carbocycles. The lowest BCUT2D eigenvalue weighted by atomic mass is 10.0. The Kier molecular flexibility index (Phi) is 6.39. The number of carbonyl (C=O) groups excluding carboxylic acids is 2. The summed E-state index contributed by atoms with van der Waals surface area (Å²) in [5.74, 6) is 0.0207. The molecular formula is C21H25NO4. The van der Waals surface area contributed by atoms with Crippen molar-refractivity contribution in [3.8, 4) is 5.75 Å². The van der Waals surface area contributed by atoms with Crippen molar-refractivity contribution in [2.75, 3.05) is 13.7 Å². The number of hydrogen-bond donors (Lipinski definition) is 0. The van der Waals surface area contributed by atoms with Gasteiger partial charge in [0.05, 0.1) is 12.7 Å². The maximum absolute atomic E-state index is 12.7. The number of carbonyl (C=O) groups is 2. The summed E-state index contributed by atoms with van der Waals surface area (Å²) < 4.78 is 10.3. The number of benzene rings is 2. The third-order valence-corrected chi connectivity index (χ3v) is 3.93. The maximum atomic E-state index is 12.7. The number of nitrogens with zero attached hydrogens (tertiary/aromatic N) is 1. The summed E-state index contributed by atoms with van der Waals surface area (Å²) >= 11 is 0. The molecule has 0 aliphatic heterocycles. The quantitative estimate of drug-likeness (QED) is 0.742. The van der Waals surface area contributed by atoms with Crippen LogP contribution in [0.4, 0.5) is 0 Å². The van der Waals surface area contributed by atoms with E-state index in [2.05, 4.69) is 4.74 Å². The van der Waals surface area contributed by atoms with Crippen LogP contribution in [0.25, 0.3) is 0 Å². The number of ether oxygens (including phenoxy) is 2. The van der Waals surface area contributed by atoms with Gasteiger partial charge in [-0.2, -0.15) is 0 Å². The lowest BCUT2D eigenvalue weighted by Crippen LogP contribution is -2.47. The molecular weight excluding hydrogens is 330 g/mol. The van der Waals surface area contributed by atoms with Gasteiger partial charge in [0.25, 0.3) is 5.91 Å². The largest absolute Gasteiger partial charge is 0.484 e. The molecule has 0 bridgehead atoms. The monoisotopic (exact) mass is 355 g/mol. The van der Waals surface area contributed by atoms with Crippen LogP contribution in [-0.2, 0) is 16.1 Å². The molecule has 0 saturated heterocycles. The van der Waals surface area contributed by atoms with Crippen LogP contribution in [0.1, 0.15) is 36.7 Å². The first kappa shape index (κ1) is 19.5. The molecule has 0 aliphatic rings. The summed E-state index contributed by atoms with van der Waals surface area (Å²) in [4.78, 5) is 26.0. The third-order valence-electron chi connectivity index (χ3n) is 3.93. The fraction of sp³-hybridized carbons (Fsp3) is 0.333. The topological polar surface area (TPSA) is 55.8 Å². The Balaban J connectivity index is 2.02. The Hall–Kier alpha value is -2.82. The third kappa shape index (κ3) is 5.34. The van der Waals surface area contributed by atoms with Crippen LogP contribution in [0.15, 0.2) is 54.6 Å². The second-order valence-electron chi connectivity index (χ2n) is 6.94. The highest BCUT2D eigenvalue weighted by atomic mass is 16.5. The summed E-state index contributed by atoms with van der Waals surface area (Å²) in [5, 5.41) is 0. The number of hydrogen-bond acceptors (Lipinski definition) is 4. The number of rotatable bonds is 6. The van der Waals surface area contributed by atoms with E-state index in [0.29, 0.717) is 17.9 Å². The van der Waals surface area contributed by atoms with Crippen molar-refractivity contribution in [1.82, 2.24) is 4.90 Å². The van der Waals surface area contributed by atoms with Gasteiger partial charge in [-0.05, 0) is 50.6 Å². The van der Waals surface area contributed by atoms with Gasteiger partial charge in [0.2, 0.25) is 0 Å². The van der Waals surface area contributed by atoms with Gasteiger partial charge in [0, 0.05) is 12.1 Å². The van der Waals surface area contributed by atoms with Crippen LogP contribution < -0.4 is 4.74 Å². The van der Waals surface area contributed by atoms with Crippen molar-refractivity contribution in [2.45, 2.75) is 32.9 Å². The Morgan fingerprint density at radius 1 is 0.962 bits per heavy atom. The standard InChI is InChI=1S/C21H25NO4/c1-21(2,3)22(14-16-8-6-5-7-9-16)19(23)15-26-18-12-10-17(11-13-18)20(24)25-4/h5-13H,14-15H2,1-4H3. The SMILES string of the molecule is COC(=O)c1ccc(OCC(=O)N(Cc2ccccc2)C(C)(C)C)cc1. The smallest absolute Gasteiger partial charge is 0.337 e. The molecule has 5 heteroatoms. The molecule has 0 saturated carbocycles. The molecule has 0 atom stereocenters. The van der Waals surface area contributed by atoms with E-state index in [4.69, 9.17) is 4.74 Å². The van der Waals surface area contributed by atoms with Crippen LogP contribution >= 0.6 is 0 Å². The molecule has 5 nitrogen and oxygen atoms in total. The van der Waals surface area contributed by atoms with E-state index in [9.17, 15) is 9.59 Å². The molecule has 0 aromatic heterocycles. The van der Waals surface area contributed by atoms with Gasteiger partial charge < -0.3 is 14.4 Å². The number of amides is 1. The predicted octanol–water partition coefficient (Wildman–Crippen LogP) is 3.68. The van der Waals surface area contributed by atoms with E-state index in [1.54, 1.807) is 29.2 Å². The highest BCUT2D eigenvalue weighted by Crippen LogP contribution is 2.19. The second kappa shape index (κ2) is 8.52. The predicted molar refractivity (Wildman–Crippen MR) is 100 cm³/mol. The zero-order valence-electron chi connectivity index (χ0n) is 15.7. The molecule has 0 radical (unpaired) electrons. The van der Waals surface area contributed by atoms with E-state index in [1.807, 2.05) is 51.1 Å². The van der Waals surface area contributed by atoms with Gasteiger partial charge in [0.15, 0.2) is 6.61 Å². The summed E-state index contributed by atoms with van der Waals surface area (Å²) in [6.45, 7) is 6.45. The average molecular weight is 355 g/mol. The number of methoxy groups -OCH3 is 1. The highest BCUT2D eigenvalue weighted by molar-refractivity contribution is 5.89. The lowest BCUT2D eigenvalue weighted by molar-refractivity contribution is -0.139. The van der Waals surface area contributed by atoms with Gasteiger partial charge in [-0.25, -0.2) is 4.79 Å². The molecule has 138 valence electrons. The van der Waals surface area contributed by atoms with Crippen LogP contribution in [0.2, 0.25) is 0 Å². The average Bonchev–Trinajstić information content (AvgIpc) is 2.64. The molecule has 0 unspecified atom stereocenters. The molecule has 0 spiro atoms. The lowest BCUT2D eigenvalue weighted by Gasteiger charge is -2.35. The van der Waals surface area contributed by atoms with Crippen LogP contribution in [0.5, 0.6) is 5.75 Å². The fourth-order valence-corrected chi connectivity index (χ4v) is 2.49. The number of esters is 1. The van der Waals surface area contributed by atoms with Crippen molar-refractivity contribution >= 4 is 11.9 Å². The zero-order chi connectivity index (χ0) is 19.2. The molecule has 1 amide bonds. The van der Waals surface area contributed by atoms with E-state index in [0.717, 1.165) is 5.56 Å². The Bertz CT molecular complexity index is 733. The highest BCUT2D eigenvalue weighted by Gasteiger charge is 2.26. The molecule has 2 rings (SSSR count). The summed E-state index contributed by atoms with van der Waals surface area (Å²) in [6, 6.07) is 16.4. The summed E-state index contributed by atoms with van der Waals surface area (Å²) in [7, 11) is 1.33. The van der Waals surface area contributed by atoms with Crippen molar-refractivity contribution in [2.24, 2.45) is 0 Å². The van der Waals surface area contributed by atoms with Crippen LogP contribution in [0, 0.1) is 0 Å². The molecule has 0 N–H and O–H groups in total. The van der Waals surface area contributed by atoms with Crippen molar-refractivity contribution in [3.05, 3.63) is 65.7 Å². The zero-order valence-corrected chi connectivity index (χ0v) is 15.7.